The molecule has 2 N–H and O–H groups in total. The molecule has 0 aliphatic carbocycles. The van der Waals surface area contributed by atoms with Gasteiger partial charge in [0.1, 0.15) is 0 Å². The highest BCUT2D eigenvalue weighted by molar-refractivity contribution is 6.35. The number of likely N-dealkylation sites (N-methyl/N-ethyl adjacent to an activating group) is 1. The lowest BCUT2D eigenvalue weighted by molar-refractivity contribution is -0.138. The van der Waals surface area contributed by atoms with Crippen LogP contribution in [0.15, 0.2) is 59.7 Å². The van der Waals surface area contributed by atoms with Crippen LogP contribution < -0.4 is 10.7 Å². The van der Waals surface area contributed by atoms with Gasteiger partial charge in [0, 0.05) is 12.6 Å². The van der Waals surface area contributed by atoms with Gasteiger partial charge in [-0.15, -0.1) is 0 Å². The van der Waals surface area contributed by atoms with Gasteiger partial charge in [0.15, 0.2) is 0 Å². The van der Waals surface area contributed by atoms with Crippen molar-refractivity contribution < 1.29 is 9.59 Å². The topological polar surface area (TPSA) is 70.6 Å². The Morgan fingerprint density at radius 3 is 2.04 bits per heavy atom. The molecule has 0 radical (unpaired) electrons. The van der Waals surface area contributed by atoms with E-state index in [0.29, 0.717) is 0 Å². The van der Waals surface area contributed by atoms with Crippen LogP contribution in [0.25, 0.3) is 21.5 Å². The Hall–Kier alpha value is -3.21. The summed E-state index contributed by atoms with van der Waals surface area (Å²) in [5.74, 6) is -1.53. The van der Waals surface area contributed by atoms with E-state index in [1.807, 2.05) is 48.5 Å². The van der Waals surface area contributed by atoms with Crippen LogP contribution in [0.1, 0.15) is 5.56 Å². The highest BCUT2D eigenvalue weighted by atomic mass is 16.2. The van der Waals surface area contributed by atoms with E-state index in [1.165, 1.54) is 7.05 Å². The highest BCUT2D eigenvalue weighted by Gasteiger charge is 2.09. The van der Waals surface area contributed by atoms with Crippen LogP contribution in [-0.4, -0.2) is 25.1 Å². The van der Waals surface area contributed by atoms with Crippen molar-refractivity contribution in [3.8, 4) is 0 Å². The molecule has 114 valence electrons. The Morgan fingerprint density at radius 2 is 1.48 bits per heavy atom. The second-order valence-corrected chi connectivity index (χ2v) is 5.01. The van der Waals surface area contributed by atoms with E-state index in [9.17, 15) is 9.59 Å². The standard InChI is InChI=1S/C18H15N3O2/c1-19-17(22)18(23)21-20-11-16-14-8-4-2-6-12(14)10-13-7-3-5-9-15(13)16/h2-11H,1H3,(H,19,22)(H,21,23)/b20-11-. The van der Waals surface area contributed by atoms with Gasteiger partial charge in [-0.1, -0.05) is 48.5 Å². The lowest BCUT2D eigenvalue weighted by atomic mass is 9.97. The molecule has 0 aliphatic heterocycles. The number of amides is 2. The van der Waals surface area contributed by atoms with Crippen LogP contribution in [0.4, 0.5) is 0 Å². The van der Waals surface area contributed by atoms with Crippen molar-refractivity contribution in [3.05, 3.63) is 60.2 Å². The number of carbonyl (C=O) groups is 2. The Morgan fingerprint density at radius 1 is 0.913 bits per heavy atom. The fourth-order valence-electron chi connectivity index (χ4n) is 2.51. The zero-order valence-corrected chi connectivity index (χ0v) is 12.5. The third kappa shape index (κ3) is 2.89. The number of benzene rings is 3. The van der Waals surface area contributed by atoms with Crippen LogP contribution >= 0.6 is 0 Å². The summed E-state index contributed by atoms with van der Waals surface area (Å²) in [5.41, 5.74) is 3.13. The molecule has 0 heterocycles. The van der Waals surface area contributed by atoms with Crippen LogP contribution in [0.5, 0.6) is 0 Å². The summed E-state index contributed by atoms with van der Waals surface area (Å²) in [6, 6.07) is 18.1. The molecule has 0 unspecified atom stereocenters. The number of carbonyl (C=O) groups excluding carboxylic acids is 2. The number of nitrogens with one attached hydrogen (secondary N) is 2. The van der Waals surface area contributed by atoms with Crippen LogP contribution in [0.2, 0.25) is 0 Å². The Labute approximate surface area is 133 Å². The van der Waals surface area contributed by atoms with Crippen molar-refractivity contribution in [2.24, 2.45) is 5.10 Å². The minimum Gasteiger partial charge on any atom is -0.351 e. The summed E-state index contributed by atoms with van der Waals surface area (Å²) in [5, 5.41) is 10.4. The highest BCUT2D eigenvalue weighted by Crippen LogP contribution is 2.27. The number of hydrogen-bond acceptors (Lipinski definition) is 3. The smallest absolute Gasteiger partial charge is 0.329 e. The lowest BCUT2D eigenvalue weighted by Gasteiger charge is -2.07. The maximum atomic E-state index is 11.5. The molecule has 2 amide bonds. The Bertz CT molecular complexity index is 878. The first-order valence-electron chi connectivity index (χ1n) is 7.16. The molecule has 0 aliphatic rings. The quantitative estimate of drug-likeness (QED) is 0.330. The van der Waals surface area contributed by atoms with E-state index < -0.39 is 11.8 Å². The van der Waals surface area contributed by atoms with Gasteiger partial charge in [0.05, 0.1) is 6.21 Å². The molecule has 3 rings (SSSR count). The van der Waals surface area contributed by atoms with Crippen LogP contribution in [0.3, 0.4) is 0 Å². The molecule has 5 nitrogen and oxygen atoms in total. The van der Waals surface area contributed by atoms with Crippen molar-refractivity contribution in [2.45, 2.75) is 0 Å². The summed E-state index contributed by atoms with van der Waals surface area (Å²) in [6.45, 7) is 0. The fourth-order valence-corrected chi connectivity index (χ4v) is 2.51. The third-order valence-corrected chi connectivity index (χ3v) is 3.61. The largest absolute Gasteiger partial charge is 0.351 e. The average Bonchev–Trinajstić information content (AvgIpc) is 2.60. The Balaban J connectivity index is 2.07. The lowest BCUT2D eigenvalue weighted by Crippen LogP contribution is -2.35. The first-order valence-corrected chi connectivity index (χ1v) is 7.16. The van der Waals surface area contributed by atoms with Crippen molar-refractivity contribution in [3.63, 3.8) is 0 Å². The normalized spacial score (nSPS) is 11.0. The van der Waals surface area contributed by atoms with E-state index in [1.54, 1.807) is 6.21 Å². The molecular weight excluding hydrogens is 290 g/mol. The molecule has 0 atom stereocenters. The van der Waals surface area contributed by atoms with Crippen molar-refractivity contribution >= 4 is 39.6 Å². The fraction of sp³-hybridized carbons (Fsp3) is 0.0556. The van der Waals surface area contributed by atoms with Gasteiger partial charge in [-0.25, -0.2) is 5.43 Å². The monoisotopic (exact) mass is 305 g/mol. The Kier molecular flexibility index (Phi) is 4.01. The zero-order valence-electron chi connectivity index (χ0n) is 12.5. The third-order valence-electron chi connectivity index (χ3n) is 3.61. The van der Waals surface area contributed by atoms with Crippen LogP contribution in [0, 0.1) is 0 Å². The van der Waals surface area contributed by atoms with E-state index in [2.05, 4.69) is 21.9 Å². The average molecular weight is 305 g/mol. The summed E-state index contributed by atoms with van der Waals surface area (Å²) in [6.07, 6.45) is 1.57. The molecule has 3 aromatic carbocycles. The van der Waals surface area contributed by atoms with Gasteiger partial charge in [0.25, 0.3) is 0 Å². The van der Waals surface area contributed by atoms with Gasteiger partial charge >= 0.3 is 11.8 Å². The molecule has 3 aromatic rings. The molecular formula is C18H15N3O2. The van der Waals surface area contributed by atoms with E-state index in [4.69, 9.17) is 0 Å². The summed E-state index contributed by atoms with van der Waals surface area (Å²) in [7, 11) is 1.39. The number of fused-ring (bicyclic) bond motifs is 2. The first kappa shape index (κ1) is 14.7. The summed E-state index contributed by atoms with van der Waals surface area (Å²) >= 11 is 0. The van der Waals surface area contributed by atoms with E-state index in [0.717, 1.165) is 27.1 Å². The van der Waals surface area contributed by atoms with Crippen molar-refractivity contribution in [1.82, 2.24) is 10.7 Å². The van der Waals surface area contributed by atoms with E-state index in [-0.39, 0.29) is 0 Å². The maximum absolute atomic E-state index is 11.5. The van der Waals surface area contributed by atoms with Gasteiger partial charge in [-0.2, -0.15) is 5.10 Å². The number of rotatable bonds is 2. The second-order valence-electron chi connectivity index (χ2n) is 5.01. The molecule has 0 bridgehead atoms. The van der Waals surface area contributed by atoms with Crippen LogP contribution in [-0.2, 0) is 9.59 Å². The predicted molar refractivity (Wildman–Crippen MR) is 91.3 cm³/mol. The van der Waals surface area contributed by atoms with Gasteiger partial charge in [0.2, 0.25) is 0 Å². The number of hydrogen-bond donors (Lipinski definition) is 2. The molecule has 0 saturated carbocycles. The molecule has 0 fully saturated rings. The zero-order chi connectivity index (χ0) is 16.2. The molecule has 0 spiro atoms. The minimum absolute atomic E-state index is 0.732. The molecule has 0 saturated heterocycles. The first-order chi connectivity index (χ1) is 11.2. The second kappa shape index (κ2) is 6.27. The van der Waals surface area contributed by atoms with Gasteiger partial charge in [-0.05, 0) is 27.6 Å². The number of nitrogens with zero attached hydrogens (tertiary/aromatic N) is 1. The molecule has 0 aromatic heterocycles. The maximum Gasteiger partial charge on any atom is 0.329 e. The molecule has 5 heteroatoms. The SMILES string of the molecule is CNC(=O)C(=O)N/N=C\c1c2ccccc2cc2ccccc12. The van der Waals surface area contributed by atoms with Crippen molar-refractivity contribution in [2.75, 3.05) is 7.05 Å². The number of hydrazone groups is 1. The van der Waals surface area contributed by atoms with Gasteiger partial charge < -0.3 is 5.32 Å². The van der Waals surface area contributed by atoms with Gasteiger partial charge in [-0.3, -0.25) is 9.59 Å². The summed E-state index contributed by atoms with van der Waals surface area (Å²) < 4.78 is 0. The minimum atomic E-state index is -0.798. The van der Waals surface area contributed by atoms with Crippen molar-refractivity contribution in [1.29, 1.82) is 0 Å². The van der Waals surface area contributed by atoms with E-state index >= 15 is 0 Å². The summed E-state index contributed by atoms with van der Waals surface area (Å²) in [4.78, 5) is 22.6. The molecule has 23 heavy (non-hydrogen) atoms. The predicted octanol–water partition coefficient (Wildman–Crippen LogP) is 2.19.